The van der Waals surface area contributed by atoms with E-state index in [0.29, 0.717) is 0 Å². The monoisotopic (exact) mass is 166 g/mol. The van der Waals surface area contributed by atoms with Crippen LogP contribution in [0.4, 0.5) is 0 Å². The van der Waals surface area contributed by atoms with Crippen LogP contribution in [0.3, 0.4) is 0 Å². The maximum absolute atomic E-state index is 9.59. The fraction of sp³-hybridized carbons (Fsp3) is 0.667. The molecule has 0 atom stereocenters. The van der Waals surface area contributed by atoms with Gasteiger partial charge in [0.25, 0.3) is 0 Å². The first-order valence-electron chi connectivity index (χ1n) is 4.37. The van der Waals surface area contributed by atoms with Gasteiger partial charge >= 0.3 is 0 Å². The summed E-state index contributed by atoms with van der Waals surface area (Å²) in [5.74, 6) is 0. The van der Waals surface area contributed by atoms with Gasteiger partial charge in [-0.2, -0.15) is 0 Å². The molecule has 0 amide bonds. The normalized spacial score (nSPS) is 19.5. The summed E-state index contributed by atoms with van der Waals surface area (Å²) in [5, 5.41) is 9.59. The Morgan fingerprint density at radius 1 is 1.67 bits per heavy atom. The van der Waals surface area contributed by atoms with Crippen LogP contribution in [0.15, 0.2) is 12.5 Å². The third kappa shape index (κ3) is 1.50. The van der Waals surface area contributed by atoms with Gasteiger partial charge in [0, 0.05) is 18.9 Å². The standard InChI is InChI=1S/C9H14N2O/c1-11-7-10-6-8(11)2-3-9(12)4-5-9/h6-7,12H,2-5H2,1H3. The molecule has 1 N–H and O–H groups in total. The maximum atomic E-state index is 9.59. The molecule has 0 unspecified atom stereocenters. The van der Waals surface area contributed by atoms with Crippen molar-refractivity contribution in [2.24, 2.45) is 7.05 Å². The van der Waals surface area contributed by atoms with Crippen LogP contribution in [0.2, 0.25) is 0 Å². The Labute approximate surface area is 72.0 Å². The lowest BCUT2D eigenvalue weighted by molar-refractivity contribution is 0.140. The molecule has 1 aromatic heterocycles. The van der Waals surface area contributed by atoms with Crippen molar-refractivity contribution in [3.63, 3.8) is 0 Å². The van der Waals surface area contributed by atoms with Gasteiger partial charge in [0.2, 0.25) is 0 Å². The highest BCUT2D eigenvalue weighted by Gasteiger charge is 2.39. The Morgan fingerprint density at radius 2 is 2.42 bits per heavy atom. The molecular formula is C9H14N2O. The van der Waals surface area contributed by atoms with Crippen LogP contribution in [0.1, 0.15) is 25.0 Å². The molecule has 1 aliphatic carbocycles. The van der Waals surface area contributed by atoms with Crippen LogP contribution in [-0.2, 0) is 13.5 Å². The Morgan fingerprint density at radius 3 is 2.92 bits per heavy atom. The van der Waals surface area contributed by atoms with Crippen LogP contribution in [0.25, 0.3) is 0 Å². The smallest absolute Gasteiger partial charge is 0.0945 e. The van der Waals surface area contributed by atoms with Gasteiger partial charge in [0.1, 0.15) is 0 Å². The van der Waals surface area contributed by atoms with Gasteiger partial charge in [-0.15, -0.1) is 0 Å². The molecule has 0 bridgehead atoms. The average Bonchev–Trinajstić information content (AvgIpc) is 2.61. The molecule has 0 aromatic carbocycles. The zero-order valence-electron chi connectivity index (χ0n) is 7.32. The third-order valence-corrected chi connectivity index (χ3v) is 2.59. The summed E-state index contributed by atoms with van der Waals surface area (Å²) >= 11 is 0. The highest BCUT2D eigenvalue weighted by molar-refractivity contribution is 5.02. The topological polar surface area (TPSA) is 38.0 Å². The molecule has 1 heterocycles. The van der Waals surface area contributed by atoms with Gasteiger partial charge in [-0.05, 0) is 25.7 Å². The van der Waals surface area contributed by atoms with Crippen molar-refractivity contribution in [1.82, 2.24) is 9.55 Å². The first-order chi connectivity index (χ1) is 5.70. The minimum absolute atomic E-state index is 0.329. The lowest BCUT2D eigenvalue weighted by Crippen LogP contribution is -2.09. The van der Waals surface area contributed by atoms with E-state index in [4.69, 9.17) is 0 Å². The Balaban J connectivity index is 1.91. The number of aliphatic hydroxyl groups is 1. The van der Waals surface area contributed by atoms with E-state index in [9.17, 15) is 5.11 Å². The molecule has 3 heteroatoms. The zero-order valence-corrected chi connectivity index (χ0v) is 7.32. The molecule has 1 fully saturated rings. The summed E-state index contributed by atoms with van der Waals surface area (Å²) in [6, 6.07) is 0. The second-order valence-corrected chi connectivity index (χ2v) is 3.72. The zero-order chi connectivity index (χ0) is 8.60. The Bertz CT molecular complexity index is 276. The third-order valence-electron chi connectivity index (χ3n) is 2.59. The predicted molar refractivity (Wildman–Crippen MR) is 45.7 cm³/mol. The van der Waals surface area contributed by atoms with E-state index in [-0.39, 0.29) is 5.60 Å². The van der Waals surface area contributed by atoms with Crippen molar-refractivity contribution in [2.45, 2.75) is 31.3 Å². The number of aryl methyl sites for hydroxylation is 2. The molecular weight excluding hydrogens is 152 g/mol. The minimum Gasteiger partial charge on any atom is -0.390 e. The fourth-order valence-electron chi connectivity index (χ4n) is 1.38. The van der Waals surface area contributed by atoms with Crippen LogP contribution in [0.5, 0.6) is 0 Å². The summed E-state index contributed by atoms with van der Waals surface area (Å²) in [4.78, 5) is 4.02. The number of hydrogen-bond donors (Lipinski definition) is 1. The Hall–Kier alpha value is -0.830. The van der Waals surface area contributed by atoms with Gasteiger partial charge in [0.05, 0.1) is 11.9 Å². The van der Waals surface area contributed by atoms with E-state index in [2.05, 4.69) is 4.98 Å². The summed E-state index contributed by atoms with van der Waals surface area (Å²) in [7, 11) is 1.99. The molecule has 0 spiro atoms. The van der Waals surface area contributed by atoms with Crippen molar-refractivity contribution in [3.8, 4) is 0 Å². The molecule has 1 aromatic rings. The maximum Gasteiger partial charge on any atom is 0.0945 e. The van der Waals surface area contributed by atoms with Crippen LogP contribution in [0, 0.1) is 0 Å². The first kappa shape index (κ1) is 7.80. The molecule has 2 rings (SSSR count). The highest BCUT2D eigenvalue weighted by Crippen LogP contribution is 2.39. The first-order valence-corrected chi connectivity index (χ1v) is 4.37. The number of hydrogen-bond acceptors (Lipinski definition) is 2. The van der Waals surface area contributed by atoms with E-state index in [1.165, 1.54) is 5.69 Å². The van der Waals surface area contributed by atoms with Crippen LogP contribution < -0.4 is 0 Å². The van der Waals surface area contributed by atoms with E-state index in [1.54, 1.807) is 6.33 Å². The van der Waals surface area contributed by atoms with E-state index < -0.39 is 0 Å². The molecule has 12 heavy (non-hydrogen) atoms. The average molecular weight is 166 g/mol. The quantitative estimate of drug-likeness (QED) is 0.723. The summed E-state index contributed by atoms with van der Waals surface area (Å²) in [6.07, 6.45) is 7.44. The van der Waals surface area contributed by atoms with Gasteiger partial charge in [0.15, 0.2) is 0 Å². The summed E-state index contributed by atoms with van der Waals surface area (Å²) in [5.41, 5.74) is 0.875. The fourth-order valence-corrected chi connectivity index (χ4v) is 1.38. The molecule has 0 saturated heterocycles. The number of aromatic nitrogens is 2. The van der Waals surface area contributed by atoms with Crippen LogP contribution in [-0.4, -0.2) is 20.3 Å². The molecule has 3 nitrogen and oxygen atoms in total. The Kier molecular flexibility index (Phi) is 1.68. The van der Waals surface area contributed by atoms with E-state index in [0.717, 1.165) is 25.7 Å². The van der Waals surface area contributed by atoms with Gasteiger partial charge in [-0.1, -0.05) is 0 Å². The second-order valence-electron chi connectivity index (χ2n) is 3.72. The molecule has 1 saturated carbocycles. The number of imidazole rings is 1. The SMILES string of the molecule is Cn1cncc1CCC1(O)CC1. The lowest BCUT2D eigenvalue weighted by Gasteiger charge is -2.06. The van der Waals surface area contributed by atoms with Gasteiger partial charge in [-0.3, -0.25) is 0 Å². The van der Waals surface area contributed by atoms with Crippen molar-refractivity contribution in [2.75, 3.05) is 0 Å². The van der Waals surface area contributed by atoms with Gasteiger partial charge in [-0.25, -0.2) is 4.98 Å². The number of nitrogens with zero attached hydrogens (tertiary/aromatic N) is 2. The minimum atomic E-state index is -0.329. The molecule has 1 aliphatic rings. The van der Waals surface area contributed by atoms with Crippen molar-refractivity contribution in [1.29, 1.82) is 0 Å². The molecule has 0 aliphatic heterocycles. The predicted octanol–water partition coefficient (Wildman–Crippen LogP) is 0.878. The number of rotatable bonds is 3. The largest absolute Gasteiger partial charge is 0.390 e. The second kappa shape index (κ2) is 2.59. The lowest BCUT2D eigenvalue weighted by atomic mass is 10.1. The van der Waals surface area contributed by atoms with Crippen molar-refractivity contribution >= 4 is 0 Å². The summed E-state index contributed by atoms with van der Waals surface area (Å²) in [6.45, 7) is 0. The molecule has 66 valence electrons. The van der Waals surface area contributed by atoms with Crippen molar-refractivity contribution in [3.05, 3.63) is 18.2 Å². The van der Waals surface area contributed by atoms with Crippen LogP contribution >= 0.6 is 0 Å². The molecule has 0 radical (unpaired) electrons. The highest BCUT2D eigenvalue weighted by atomic mass is 16.3. The van der Waals surface area contributed by atoms with E-state index in [1.807, 2.05) is 17.8 Å². The summed E-state index contributed by atoms with van der Waals surface area (Å²) < 4.78 is 2.01. The van der Waals surface area contributed by atoms with Crippen molar-refractivity contribution < 1.29 is 5.11 Å². The van der Waals surface area contributed by atoms with Gasteiger partial charge < -0.3 is 9.67 Å². The van der Waals surface area contributed by atoms with E-state index >= 15 is 0 Å².